The van der Waals surface area contributed by atoms with Crippen molar-refractivity contribution in [1.29, 1.82) is 0 Å². The summed E-state index contributed by atoms with van der Waals surface area (Å²) in [4.78, 5) is 4.63. The molecule has 0 aliphatic rings. The molecule has 0 unspecified atom stereocenters. The number of pyridine rings is 1. The van der Waals surface area contributed by atoms with Crippen molar-refractivity contribution >= 4 is 22.6 Å². The third kappa shape index (κ3) is 2.91. The van der Waals surface area contributed by atoms with Crippen molar-refractivity contribution in [2.24, 2.45) is 0 Å². The van der Waals surface area contributed by atoms with Crippen LogP contribution < -0.4 is 4.74 Å². The Hall–Kier alpha value is -2.92. The fourth-order valence-corrected chi connectivity index (χ4v) is 3.06. The molecule has 0 saturated carbocycles. The summed E-state index contributed by atoms with van der Waals surface area (Å²) in [5, 5.41) is 8.12. The average Bonchev–Trinajstić information content (AvgIpc) is 3.06. The monoisotopic (exact) mass is 367 g/mol. The van der Waals surface area contributed by atoms with Crippen LogP contribution in [0.4, 0.5) is 4.39 Å². The molecule has 2 aromatic heterocycles. The molecule has 0 spiro atoms. The Morgan fingerprint density at radius 3 is 2.65 bits per heavy atom. The Balaban J connectivity index is 1.80. The summed E-state index contributed by atoms with van der Waals surface area (Å²) < 4.78 is 19.1. The number of aromatic amines is 1. The second-order valence-electron chi connectivity index (χ2n) is 6.03. The molecule has 0 bridgehead atoms. The number of nitrogens with zero attached hydrogens (tertiary/aromatic N) is 2. The Bertz CT molecular complexity index is 1120. The lowest BCUT2D eigenvalue weighted by molar-refractivity contribution is 0.414. The molecule has 26 heavy (non-hydrogen) atoms. The summed E-state index contributed by atoms with van der Waals surface area (Å²) in [7, 11) is 1.64. The van der Waals surface area contributed by atoms with E-state index in [1.165, 1.54) is 12.1 Å². The van der Waals surface area contributed by atoms with Gasteiger partial charge in [-0.15, -0.1) is 0 Å². The van der Waals surface area contributed by atoms with Gasteiger partial charge in [-0.3, -0.25) is 5.10 Å². The molecule has 4 aromatic rings. The van der Waals surface area contributed by atoms with E-state index in [1.807, 2.05) is 37.3 Å². The lowest BCUT2D eigenvalue weighted by atomic mass is 10.1. The van der Waals surface area contributed by atoms with E-state index >= 15 is 0 Å². The highest BCUT2D eigenvalue weighted by atomic mass is 35.5. The van der Waals surface area contributed by atoms with Crippen molar-refractivity contribution in [1.82, 2.24) is 15.2 Å². The highest BCUT2D eigenvalue weighted by Gasteiger charge is 2.12. The Labute approximate surface area is 154 Å². The largest absolute Gasteiger partial charge is 0.497 e. The number of ether oxygens (including phenoxy) is 1. The zero-order valence-electron chi connectivity index (χ0n) is 14.2. The third-order valence-electron chi connectivity index (χ3n) is 4.21. The molecule has 130 valence electrons. The first kappa shape index (κ1) is 16.5. The van der Waals surface area contributed by atoms with Crippen LogP contribution in [0.25, 0.3) is 33.5 Å². The van der Waals surface area contributed by atoms with E-state index in [4.69, 9.17) is 16.3 Å². The molecule has 4 nitrogen and oxygen atoms in total. The van der Waals surface area contributed by atoms with E-state index in [2.05, 4.69) is 15.2 Å². The zero-order chi connectivity index (χ0) is 18.3. The van der Waals surface area contributed by atoms with E-state index in [-0.39, 0.29) is 5.02 Å². The second-order valence-corrected chi connectivity index (χ2v) is 6.44. The Kier molecular flexibility index (Phi) is 4.09. The van der Waals surface area contributed by atoms with E-state index in [0.29, 0.717) is 16.9 Å². The van der Waals surface area contributed by atoms with Crippen LogP contribution in [0.15, 0.2) is 48.5 Å². The van der Waals surface area contributed by atoms with Crippen molar-refractivity contribution in [2.75, 3.05) is 7.11 Å². The first-order valence-corrected chi connectivity index (χ1v) is 8.39. The summed E-state index contributed by atoms with van der Waals surface area (Å²) in [5.41, 5.74) is 4.76. The normalized spacial score (nSPS) is 11.1. The van der Waals surface area contributed by atoms with Crippen LogP contribution in [-0.2, 0) is 0 Å². The second kappa shape index (κ2) is 6.42. The van der Waals surface area contributed by atoms with Crippen molar-refractivity contribution in [2.45, 2.75) is 6.92 Å². The molecule has 4 rings (SSSR count). The fraction of sp³-hybridized carbons (Fsp3) is 0.100. The number of aromatic nitrogens is 3. The number of H-pyrrole nitrogens is 1. The molecule has 2 aromatic carbocycles. The Morgan fingerprint density at radius 1 is 1.04 bits per heavy atom. The van der Waals surface area contributed by atoms with Gasteiger partial charge in [-0.1, -0.05) is 17.7 Å². The molecule has 0 fully saturated rings. The number of aryl methyl sites for hydroxylation is 1. The molecule has 1 N–H and O–H groups in total. The molecule has 0 saturated heterocycles. The SMILES string of the molecule is COc1cc(C)cc(-c2ccc3c(-c4ccc(Cl)c(F)c4)[nH]nc3n2)c1. The quantitative estimate of drug-likeness (QED) is 0.527. The molecule has 0 aliphatic heterocycles. The number of methoxy groups -OCH3 is 1. The summed E-state index contributed by atoms with van der Waals surface area (Å²) in [6.07, 6.45) is 0. The van der Waals surface area contributed by atoms with E-state index in [9.17, 15) is 4.39 Å². The number of nitrogens with one attached hydrogen (secondary N) is 1. The molecule has 0 aliphatic carbocycles. The van der Waals surface area contributed by atoms with Crippen LogP contribution in [0.1, 0.15) is 5.56 Å². The van der Waals surface area contributed by atoms with Gasteiger partial charge in [0.2, 0.25) is 0 Å². The molecule has 6 heteroatoms. The lowest BCUT2D eigenvalue weighted by Gasteiger charge is -2.06. The molecule has 0 amide bonds. The molecular weight excluding hydrogens is 353 g/mol. The van der Waals surface area contributed by atoms with Gasteiger partial charge >= 0.3 is 0 Å². The number of halogens is 2. The van der Waals surface area contributed by atoms with Crippen molar-refractivity contribution in [3.63, 3.8) is 0 Å². The van der Waals surface area contributed by atoms with Crippen LogP contribution in [0.3, 0.4) is 0 Å². The van der Waals surface area contributed by atoms with Gasteiger partial charge in [0.05, 0.1) is 23.5 Å². The summed E-state index contributed by atoms with van der Waals surface area (Å²) in [5.74, 6) is 0.310. The van der Waals surface area contributed by atoms with Crippen LogP contribution in [0.5, 0.6) is 5.75 Å². The third-order valence-corrected chi connectivity index (χ3v) is 4.52. The van der Waals surface area contributed by atoms with E-state index in [0.717, 1.165) is 28.0 Å². The van der Waals surface area contributed by atoms with Crippen LogP contribution >= 0.6 is 11.6 Å². The summed E-state index contributed by atoms with van der Waals surface area (Å²) in [6, 6.07) is 14.4. The molecular formula is C20H15ClFN3O. The minimum absolute atomic E-state index is 0.0892. The van der Waals surface area contributed by atoms with Crippen molar-refractivity contribution < 1.29 is 9.13 Å². The summed E-state index contributed by atoms with van der Waals surface area (Å²) >= 11 is 5.76. The number of fused-ring (bicyclic) bond motifs is 1. The average molecular weight is 368 g/mol. The van der Waals surface area contributed by atoms with E-state index in [1.54, 1.807) is 13.2 Å². The van der Waals surface area contributed by atoms with Gasteiger partial charge in [-0.25, -0.2) is 9.37 Å². The standard InChI is InChI=1S/C20H15ClFN3O/c1-11-7-13(9-14(8-11)26-2)18-6-4-15-19(24-25-20(15)23-18)12-3-5-16(21)17(22)10-12/h3-10H,1-2H3,(H,23,24,25). The van der Waals surface area contributed by atoms with Gasteiger partial charge in [0, 0.05) is 16.5 Å². The number of hydrogen-bond acceptors (Lipinski definition) is 3. The maximum absolute atomic E-state index is 13.8. The van der Waals surface area contributed by atoms with Gasteiger partial charge in [-0.2, -0.15) is 5.10 Å². The lowest BCUT2D eigenvalue weighted by Crippen LogP contribution is -1.89. The highest BCUT2D eigenvalue weighted by molar-refractivity contribution is 6.30. The van der Waals surface area contributed by atoms with Gasteiger partial charge in [0.1, 0.15) is 11.6 Å². The van der Waals surface area contributed by atoms with Crippen molar-refractivity contribution in [3.8, 4) is 28.3 Å². The van der Waals surface area contributed by atoms with Gasteiger partial charge in [-0.05, 0) is 55.0 Å². The van der Waals surface area contributed by atoms with Gasteiger partial charge < -0.3 is 4.74 Å². The number of rotatable bonds is 3. The first-order valence-electron chi connectivity index (χ1n) is 8.02. The fourth-order valence-electron chi connectivity index (χ4n) is 2.94. The smallest absolute Gasteiger partial charge is 0.182 e. The van der Waals surface area contributed by atoms with E-state index < -0.39 is 5.82 Å². The zero-order valence-corrected chi connectivity index (χ0v) is 14.9. The van der Waals surface area contributed by atoms with Crippen LogP contribution in [0, 0.1) is 12.7 Å². The van der Waals surface area contributed by atoms with Crippen molar-refractivity contribution in [3.05, 3.63) is 64.9 Å². The number of hydrogen-bond donors (Lipinski definition) is 1. The van der Waals surface area contributed by atoms with Crippen LogP contribution in [0.2, 0.25) is 5.02 Å². The molecule has 0 atom stereocenters. The Morgan fingerprint density at radius 2 is 1.88 bits per heavy atom. The predicted molar refractivity (Wildman–Crippen MR) is 101 cm³/mol. The number of benzene rings is 2. The molecule has 2 heterocycles. The molecule has 0 radical (unpaired) electrons. The maximum Gasteiger partial charge on any atom is 0.182 e. The topological polar surface area (TPSA) is 50.8 Å². The minimum atomic E-state index is -0.469. The minimum Gasteiger partial charge on any atom is -0.497 e. The summed E-state index contributed by atoms with van der Waals surface area (Å²) in [6.45, 7) is 2.01. The first-order chi connectivity index (χ1) is 12.5. The van der Waals surface area contributed by atoms with Gasteiger partial charge in [0.15, 0.2) is 5.65 Å². The maximum atomic E-state index is 13.8. The van der Waals surface area contributed by atoms with Gasteiger partial charge in [0.25, 0.3) is 0 Å². The predicted octanol–water partition coefficient (Wildman–Crippen LogP) is 5.40. The highest BCUT2D eigenvalue weighted by Crippen LogP contribution is 2.31. The van der Waals surface area contributed by atoms with Crippen LogP contribution in [-0.4, -0.2) is 22.3 Å².